The third-order valence-electron chi connectivity index (χ3n) is 6.29. The zero-order chi connectivity index (χ0) is 18.4. The van der Waals surface area contributed by atoms with Gasteiger partial charge in [0.25, 0.3) is 5.91 Å². The second-order valence-electron chi connectivity index (χ2n) is 8.39. The standard InChI is InChI=1S/C21H27N5O/c1-2-14-3-5-15(6-4-14)10-25-11-16-9-19-23-24-20(21(27)22-18-7-8-18)26(19)13-17(16)12-25/h3-6,16-18H,2,7-13H2,1H3,(H,22,27)/t16-,17+/m1/s1. The SMILES string of the molecule is CCc1ccc(CN2C[C@H]3Cc4nnc(C(=O)NC5CC5)n4C[C@@H]3C2)cc1. The predicted molar refractivity (Wildman–Crippen MR) is 102 cm³/mol. The number of aromatic nitrogens is 3. The van der Waals surface area contributed by atoms with Crippen molar-refractivity contribution >= 4 is 5.91 Å². The molecular weight excluding hydrogens is 338 g/mol. The molecule has 1 N–H and O–H groups in total. The number of hydrogen-bond acceptors (Lipinski definition) is 4. The topological polar surface area (TPSA) is 63.1 Å². The van der Waals surface area contributed by atoms with Gasteiger partial charge in [-0.1, -0.05) is 31.2 Å². The predicted octanol–water partition coefficient (Wildman–Crippen LogP) is 2.04. The van der Waals surface area contributed by atoms with Crippen molar-refractivity contribution in [1.82, 2.24) is 25.0 Å². The first-order valence-corrected chi connectivity index (χ1v) is 10.2. The van der Waals surface area contributed by atoms with E-state index in [1.54, 1.807) is 0 Å². The van der Waals surface area contributed by atoms with Crippen LogP contribution in [0.3, 0.4) is 0 Å². The molecule has 5 rings (SSSR count). The molecule has 0 unspecified atom stereocenters. The molecule has 1 aliphatic carbocycles. The van der Waals surface area contributed by atoms with Gasteiger partial charge in [0.1, 0.15) is 5.82 Å². The van der Waals surface area contributed by atoms with E-state index in [9.17, 15) is 4.79 Å². The van der Waals surface area contributed by atoms with Crippen LogP contribution >= 0.6 is 0 Å². The van der Waals surface area contributed by atoms with E-state index in [4.69, 9.17) is 0 Å². The summed E-state index contributed by atoms with van der Waals surface area (Å²) in [6.45, 7) is 6.26. The second kappa shape index (κ2) is 6.75. The van der Waals surface area contributed by atoms with E-state index in [0.29, 0.717) is 23.7 Å². The van der Waals surface area contributed by atoms with Crippen molar-refractivity contribution in [3.05, 3.63) is 47.0 Å². The Kier molecular flexibility index (Phi) is 4.23. The van der Waals surface area contributed by atoms with Crippen LogP contribution in [-0.2, 0) is 25.9 Å². The van der Waals surface area contributed by atoms with Gasteiger partial charge in [-0.2, -0.15) is 0 Å². The lowest BCUT2D eigenvalue weighted by Crippen LogP contribution is -2.33. The highest BCUT2D eigenvalue weighted by atomic mass is 16.2. The Bertz CT molecular complexity index is 839. The van der Waals surface area contributed by atoms with Crippen molar-refractivity contribution in [1.29, 1.82) is 0 Å². The van der Waals surface area contributed by atoms with Gasteiger partial charge in [-0.25, -0.2) is 0 Å². The second-order valence-corrected chi connectivity index (χ2v) is 8.39. The minimum Gasteiger partial charge on any atom is -0.347 e. The number of likely N-dealkylation sites (tertiary alicyclic amines) is 1. The minimum absolute atomic E-state index is 0.0550. The summed E-state index contributed by atoms with van der Waals surface area (Å²) < 4.78 is 2.07. The van der Waals surface area contributed by atoms with E-state index in [-0.39, 0.29) is 5.91 Å². The number of benzene rings is 1. The fourth-order valence-corrected chi connectivity index (χ4v) is 4.53. The maximum absolute atomic E-state index is 12.4. The monoisotopic (exact) mass is 365 g/mol. The molecule has 0 radical (unpaired) electrons. The smallest absolute Gasteiger partial charge is 0.289 e. The van der Waals surface area contributed by atoms with E-state index >= 15 is 0 Å². The van der Waals surface area contributed by atoms with Crippen LogP contribution in [-0.4, -0.2) is 44.7 Å². The van der Waals surface area contributed by atoms with E-state index in [1.165, 1.54) is 11.1 Å². The average Bonchev–Trinajstić information content (AvgIpc) is 3.25. The molecular formula is C21H27N5O. The molecule has 1 saturated carbocycles. The van der Waals surface area contributed by atoms with Crippen molar-refractivity contribution in [2.75, 3.05) is 13.1 Å². The summed E-state index contributed by atoms with van der Waals surface area (Å²) in [7, 11) is 0. The molecule has 2 atom stereocenters. The number of rotatable bonds is 5. The highest BCUT2D eigenvalue weighted by molar-refractivity contribution is 5.91. The maximum Gasteiger partial charge on any atom is 0.289 e. The van der Waals surface area contributed by atoms with Crippen LogP contribution in [0.25, 0.3) is 0 Å². The summed E-state index contributed by atoms with van der Waals surface area (Å²) in [5, 5.41) is 11.6. The molecule has 1 amide bonds. The van der Waals surface area contributed by atoms with Gasteiger partial charge >= 0.3 is 0 Å². The molecule has 1 aromatic carbocycles. The highest BCUT2D eigenvalue weighted by Gasteiger charge is 2.39. The Hall–Kier alpha value is -2.21. The molecule has 142 valence electrons. The van der Waals surface area contributed by atoms with E-state index in [0.717, 1.165) is 57.7 Å². The zero-order valence-corrected chi connectivity index (χ0v) is 15.9. The number of carbonyl (C=O) groups excluding carboxylic acids is 1. The Labute approximate surface area is 160 Å². The first kappa shape index (κ1) is 16.9. The number of amides is 1. The number of nitrogens with one attached hydrogen (secondary N) is 1. The average molecular weight is 365 g/mol. The lowest BCUT2D eigenvalue weighted by Gasteiger charge is -2.25. The van der Waals surface area contributed by atoms with Crippen molar-refractivity contribution in [3.63, 3.8) is 0 Å². The van der Waals surface area contributed by atoms with Gasteiger partial charge in [-0.3, -0.25) is 9.69 Å². The fraction of sp³-hybridized carbons (Fsp3) is 0.571. The number of nitrogens with zero attached hydrogens (tertiary/aromatic N) is 4. The van der Waals surface area contributed by atoms with Gasteiger partial charge in [0.2, 0.25) is 5.82 Å². The van der Waals surface area contributed by atoms with Gasteiger partial charge in [0, 0.05) is 38.6 Å². The van der Waals surface area contributed by atoms with E-state index in [2.05, 4.69) is 56.2 Å². The molecule has 1 saturated heterocycles. The zero-order valence-electron chi connectivity index (χ0n) is 15.9. The number of aryl methyl sites for hydroxylation is 1. The van der Waals surface area contributed by atoms with Crippen LogP contribution < -0.4 is 5.32 Å². The van der Waals surface area contributed by atoms with Crippen molar-refractivity contribution in [2.24, 2.45) is 11.8 Å². The largest absolute Gasteiger partial charge is 0.347 e. The van der Waals surface area contributed by atoms with Gasteiger partial charge in [0.15, 0.2) is 0 Å². The Morgan fingerprint density at radius 3 is 2.56 bits per heavy atom. The molecule has 3 aliphatic rings. The third-order valence-corrected chi connectivity index (χ3v) is 6.29. The molecule has 3 heterocycles. The van der Waals surface area contributed by atoms with Crippen LogP contribution in [0.4, 0.5) is 0 Å². The third kappa shape index (κ3) is 3.38. The van der Waals surface area contributed by atoms with Crippen molar-refractivity contribution in [3.8, 4) is 0 Å². The molecule has 2 aromatic rings. The van der Waals surface area contributed by atoms with E-state index < -0.39 is 0 Å². The molecule has 0 spiro atoms. The molecule has 6 nitrogen and oxygen atoms in total. The molecule has 1 aromatic heterocycles. The molecule has 2 aliphatic heterocycles. The Morgan fingerprint density at radius 1 is 1.07 bits per heavy atom. The van der Waals surface area contributed by atoms with Crippen LogP contribution in [0.2, 0.25) is 0 Å². The lowest BCUT2D eigenvalue weighted by molar-refractivity contribution is 0.0932. The summed E-state index contributed by atoms with van der Waals surface area (Å²) >= 11 is 0. The molecule has 0 bridgehead atoms. The summed E-state index contributed by atoms with van der Waals surface area (Å²) in [6, 6.07) is 9.35. The van der Waals surface area contributed by atoms with Gasteiger partial charge in [-0.05, 0) is 42.2 Å². The normalized spacial score (nSPS) is 24.5. The lowest BCUT2D eigenvalue weighted by atomic mass is 9.89. The summed E-state index contributed by atoms with van der Waals surface area (Å²) in [4.78, 5) is 15.0. The number of hydrogen-bond donors (Lipinski definition) is 1. The number of fused-ring (bicyclic) bond motifs is 2. The Balaban J connectivity index is 1.25. The summed E-state index contributed by atoms with van der Waals surface area (Å²) in [6.07, 6.45) is 4.20. The van der Waals surface area contributed by atoms with Gasteiger partial charge < -0.3 is 9.88 Å². The highest BCUT2D eigenvalue weighted by Crippen LogP contribution is 2.33. The van der Waals surface area contributed by atoms with Gasteiger partial charge in [0.05, 0.1) is 0 Å². The number of carbonyl (C=O) groups is 1. The Morgan fingerprint density at radius 2 is 1.81 bits per heavy atom. The first-order valence-electron chi connectivity index (χ1n) is 10.2. The van der Waals surface area contributed by atoms with Crippen molar-refractivity contribution < 1.29 is 4.79 Å². The first-order chi connectivity index (χ1) is 13.2. The quantitative estimate of drug-likeness (QED) is 0.881. The maximum atomic E-state index is 12.4. The summed E-state index contributed by atoms with van der Waals surface area (Å²) in [5.41, 5.74) is 2.78. The van der Waals surface area contributed by atoms with Crippen LogP contribution in [0, 0.1) is 11.8 Å². The molecule has 2 fully saturated rings. The fourth-order valence-electron chi connectivity index (χ4n) is 4.53. The van der Waals surface area contributed by atoms with Gasteiger partial charge in [-0.15, -0.1) is 10.2 Å². The van der Waals surface area contributed by atoms with E-state index in [1.807, 2.05) is 0 Å². The molecule has 27 heavy (non-hydrogen) atoms. The summed E-state index contributed by atoms with van der Waals surface area (Å²) in [5.74, 6) is 2.63. The van der Waals surface area contributed by atoms with Crippen LogP contribution in [0.15, 0.2) is 24.3 Å². The van der Waals surface area contributed by atoms with Crippen molar-refractivity contribution in [2.45, 2.75) is 51.7 Å². The molecule has 6 heteroatoms. The van der Waals surface area contributed by atoms with Crippen LogP contribution in [0.5, 0.6) is 0 Å². The minimum atomic E-state index is -0.0550. The van der Waals surface area contributed by atoms with Crippen LogP contribution in [0.1, 0.15) is 47.3 Å².